The Morgan fingerprint density at radius 3 is 2.50 bits per heavy atom. The number of nitrogens with one attached hydrogen (secondary N) is 1. The van der Waals surface area contributed by atoms with Gasteiger partial charge in [0.2, 0.25) is 11.8 Å². The molecule has 0 aliphatic heterocycles. The van der Waals surface area contributed by atoms with E-state index in [-0.39, 0.29) is 19.0 Å². The third-order valence-electron chi connectivity index (χ3n) is 1.91. The van der Waals surface area contributed by atoms with Crippen LogP contribution in [0.5, 0.6) is 0 Å². The van der Waals surface area contributed by atoms with Crippen molar-refractivity contribution in [1.29, 1.82) is 0 Å². The molecule has 0 rings (SSSR count). The first kappa shape index (κ1) is 12.9. The van der Waals surface area contributed by atoms with Crippen LogP contribution in [0.2, 0.25) is 0 Å². The molecular formula is C8H18N4O2. The van der Waals surface area contributed by atoms with E-state index in [1.54, 1.807) is 11.9 Å². The van der Waals surface area contributed by atoms with Gasteiger partial charge in [-0.3, -0.25) is 9.59 Å². The van der Waals surface area contributed by atoms with Crippen LogP contribution in [0.15, 0.2) is 0 Å². The first-order chi connectivity index (χ1) is 6.49. The maximum absolute atomic E-state index is 11.2. The first-order valence-corrected chi connectivity index (χ1v) is 4.48. The lowest BCUT2D eigenvalue weighted by molar-refractivity contribution is -0.129. The van der Waals surface area contributed by atoms with Gasteiger partial charge in [0.15, 0.2) is 0 Å². The largest absolute Gasteiger partial charge is 0.368 e. The number of nitrogens with zero attached hydrogens (tertiary/aromatic N) is 1. The molecule has 2 amide bonds. The standard InChI is InChI=1S/C8H18N4O2/c1-3-12(2)7(13)5-11-4-6(9)8(10)14/h6,11H,3-5,9H2,1-2H3,(H2,10,14). The number of carbonyl (C=O) groups is 2. The van der Waals surface area contributed by atoms with Crippen molar-refractivity contribution < 1.29 is 9.59 Å². The molecule has 0 aromatic heterocycles. The quantitative estimate of drug-likeness (QED) is 0.458. The van der Waals surface area contributed by atoms with E-state index in [0.717, 1.165) is 0 Å². The van der Waals surface area contributed by atoms with E-state index in [0.29, 0.717) is 6.54 Å². The summed E-state index contributed by atoms with van der Waals surface area (Å²) in [6.45, 7) is 2.93. The van der Waals surface area contributed by atoms with Crippen LogP contribution in [0.25, 0.3) is 0 Å². The van der Waals surface area contributed by atoms with Crippen LogP contribution in [0, 0.1) is 0 Å². The van der Waals surface area contributed by atoms with E-state index in [2.05, 4.69) is 5.32 Å². The number of primary amides is 1. The average molecular weight is 202 g/mol. The minimum atomic E-state index is -0.741. The third kappa shape index (κ3) is 4.78. The van der Waals surface area contributed by atoms with Crippen molar-refractivity contribution in [2.75, 3.05) is 26.7 Å². The molecule has 14 heavy (non-hydrogen) atoms. The van der Waals surface area contributed by atoms with Crippen LogP contribution >= 0.6 is 0 Å². The molecule has 0 heterocycles. The molecule has 6 nitrogen and oxygen atoms in total. The lowest BCUT2D eigenvalue weighted by Crippen LogP contribution is -2.46. The first-order valence-electron chi connectivity index (χ1n) is 4.48. The average Bonchev–Trinajstić information content (AvgIpc) is 2.15. The normalized spacial score (nSPS) is 12.2. The lowest BCUT2D eigenvalue weighted by atomic mass is 10.3. The summed E-state index contributed by atoms with van der Waals surface area (Å²) in [4.78, 5) is 23.3. The van der Waals surface area contributed by atoms with Crippen LogP contribution in [0.1, 0.15) is 6.92 Å². The summed E-state index contributed by atoms with van der Waals surface area (Å²) in [6.07, 6.45) is 0. The number of hydrogen-bond donors (Lipinski definition) is 3. The van der Waals surface area contributed by atoms with Crippen LogP contribution in [-0.2, 0) is 9.59 Å². The molecule has 0 fully saturated rings. The van der Waals surface area contributed by atoms with Crippen molar-refractivity contribution in [3.05, 3.63) is 0 Å². The Labute approximate surface area is 83.6 Å². The summed E-state index contributed by atoms with van der Waals surface area (Å²) in [5.74, 6) is -0.613. The molecule has 0 aromatic carbocycles. The SMILES string of the molecule is CCN(C)C(=O)CNCC(N)C(N)=O. The van der Waals surface area contributed by atoms with Gasteiger partial charge < -0.3 is 21.7 Å². The van der Waals surface area contributed by atoms with E-state index in [9.17, 15) is 9.59 Å². The summed E-state index contributed by atoms with van der Waals surface area (Å²) in [7, 11) is 1.71. The van der Waals surface area contributed by atoms with Crippen molar-refractivity contribution in [1.82, 2.24) is 10.2 Å². The van der Waals surface area contributed by atoms with Gasteiger partial charge in [0.25, 0.3) is 0 Å². The zero-order chi connectivity index (χ0) is 11.1. The molecule has 1 atom stereocenters. The highest BCUT2D eigenvalue weighted by Gasteiger charge is 2.10. The molecule has 0 radical (unpaired) electrons. The van der Waals surface area contributed by atoms with Crippen molar-refractivity contribution in [3.63, 3.8) is 0 Å². The number of carbonyl (C=O) groups excluding carboxylic acids is 2. The second kappa shape index (κ2) is 6.33. The lowest BCUT2D eigenvalue weighted by Gasteiger charge is -2.15. The van der Waals surface area contributed by atoms with Gasteiger partial charge in [0, 0.05) is 20.1 Å². The van der Waals surface area contributed by atoms with Gasteiger partial charge in [0.05, 0.1) is 12.6 Å². The predicted octanol–water partition coefficient (Wildman–Crippen LogP) is -2.13. The molecule has 0 aliphatic carbocycles. The summed E-state index contributed by atoms with van der Waals surface area (Å²) in [6, 6.07) is -0.741. The Morgan fingerprint density at radius 2 is 2.07 bits per heavy atom. The smallest absolute Gasteiger partial charge is 0.236 e. The Kier molecular flexibility index (Phi) is 5.82. The number of nitrogens with two attached hydrogens (primary N) is 2. The minimum absolute atomic E-state index is 0.0378. The van der Waals surface area contributed by atoms with E-state index in [1.165, 1.54) is 0 Å². The van der Waals surface area contributed by atoms with Gasteiger partial charge in [-0.15, -0.1) is 0 Å². The highest BCUT2D eigenvalue weighted by Crippen LogP contribution is 1.81. The van der Waals surface area contributed by atoms with Gasteiger partial charge in [-0.25, -0.2) is 0 Å². The maximum atomic E-state index is 11.2. The van der Waals surface area contributed by atoms with E-state index >= 15 is 0 Å². The van der Waals surface area contributed by atoms with Crippen LogP contribution in [-0.4, -0.2) is 49.4 Å². The van der Waals surface area contributed by atoms with Crippen LogP contribution in [0.3, 0.4) is 0 Å². The van der Waals surface area contributed by atoms with Crippen LogP contribution in [0.4, 0.5) is 0 Å². The number of rotatable bonds is 6. The van der Waals surface area contributed by atoms with Crippen molar-refractivity contribution in [2.45, 2.75) is 13.0 Å². The van der Waals surface area contributed by atoms with E-state index in [4.69, 9.17) is 11.5 Å². The Hall–Kier alpha value is -1.14. The van der Waals surface area contributed by atoms with Gasteiger partial charge in [-0.1, -0.05) is 0 Å². The summed E-state index contributed by atoms with van der Waals surface area (Å²) in [5.41, 5.74) is 10.3. The second-order valence-corrected chi connectivity index (χ2v) is 3.05. The van der Waals surface area contributed by atoms with Crippen LogP contribution < -0.4 is 16.8 Å². The number of amides is 2. The van der Waals surface area contributed by atoms with Crippen molar-refractivity contribution in [3.8, 4) is 0 Å². The third-order valence-corrected chi connectivity index (χ3v) is 1.91. The molecule has 1 unspecified atom stereocenters. The summed E-state index contributed by atoms with van der Waals surface area (Å²) < 4.78 is 0. The molecule has 0 aromatic rings. The Balaban J connectivity index is 3.64. The van der Waals surface area contributed by atoms with E-state index in [1.807, 2.05) is 6.92 Å². The fraction of sp³-hybridized carbons (Fsp3) is 0.750. The molecular weight excluding hydrogens is 184 g/mol. The van der Waals surface area contributed by atoms with Crippen molar-refractivity contribution >= 4 is 11.8 Å². The van der Waals surface area contributed by atoms with Gasteiger partial charge in [-0.2, -0.15) is 0 Å². The van der Waals surface area contributed by atoms with Gasteiger partial charge in [-0.05, 0) is 6.92 Å². The maximum Gasteiger partial charge on any atom is 0.236 e. The molecule has 0 spiro atoms. The van der Waals surface area contributed by atoms with Gasteiger partial charge >= 0.3 is 0 Å². The highest BCUT2D eigenvalue weighted by atomic mass is 16.2. The molecule has 0 bridgehead atoms. The highest BCUT2D eigenvalue weighted by molar-refractivity contribution is 5.80. The number of hydrogen-bond acceptors (Lipinski definition) is 4. The molecule has 0 aliphatic rings. The molecule has 0 saturated carbocycles. The molecule has 6 heteroatoms. The predicted molar refractivity (Wildman–Crippen MR) is 53.4 cm³/mol. The molecule has 0 saturated heterocycles. The minimum Gasteiger partial charge on any atom is -0.368 e. The van der Waals surface area contributed by atoms with Gasteiger partial charge in [0.1, 0.15) is 0 Å². The number of likely N-dealkylation sites (N-methyl/N-ethyl adjacent to an activating group) is 1. The monoisotopic (exact) mass is 202 g/mol. The van der Waals surface area contributed by atoms with E-state index < -0.39 is 11.9 Å². The molecule has 82 valence electrons. The Bertz CT molecular complexity index is 208. The zero-order valence-corrected chi connectivity index (χ0v) is 8.62. The second-order valence-electron chi connectivity index (χ2n) is 3.05. The summed E-state index contributed by atoms with van der Waals surface area (Å²) in [5, 5.41) is 2.76. The zero-order valence-electron chi connectivity index (χ0n) is 8.62. The fourth-order valence-corrected chi connectivity index (χ4v) is 0.747. The topological polar surface area (TPSA) is 101 Å². The summed E-state index contributed by atoms with van der Waals surface area (Å²) >= 11 is 0. The molecule has 5 N–H and O–H groups in total. The fourth-order valence-electron chi connectivity index (χ4n) is 0.747. The van der Waals surface area contributed by atoms with Crippen molar-refractivity contribution in [2.24, 2.45) is 11.5 Å². The Morgan fingerprint density at radius 1 is 1.50 bits per heavy atom.